The van der Waals surface area contributed by atoms with Crippen LogP contribution in [0.3, 0.4) is 0 Å². The van der Waals surface area contributed by atoms with Crippen LogP contribution in [0.1, 0.15) is 46.5 Å². The van der Waals surface area contributed by atoms with Gasteiger partial charge in [-0.15, -0.1) is 0 Å². The molecule has 0 saturated heterocycles. The number of amides is 1. The maximum Gasteiger partial charge on any atom is 0.243 e. The first-order chi connectivity index (χ1) is 17.0. The van der Waals surface area contributed by atoms with Gasteiger partial charge in [0.15, 0.2) is 11.8 Å². The predicted octanol–water partition coefficient (Wildman–Crippen LogP) is 3.50. The number of halogens is 1. The number of likely N-dealkylation sites (N-methyl/N-ethyl adjacent to an activating group) is 2. The number of aromatic nitrogens is 1. The lowest BCUT2D eigenvalue weighted by Crippen LogP contribution is -2.59. The minimum Gasteiger partial charge on any atom is -0.370 e. The fraction of sp³-hybridized carbons (Fsp3) is 0.560. The molecule has 9 nitrogen and oxygen atoms in total. The van der Waals surface area contributed by atoms with Gasteiger partial charge in [-0.25, -0.2) is 13.5 Å². The van der Waals surface area contributed by atoms with E-state index in [1.165, 1.54) is 6.20 Å². The molecule has 0 radical (unpaired) electrons. The largest absolute Gasteiger partial charge is 0.370 e. The van der Waals surface area contributed by atoms with Crippen molar-refractivity contribution in [2.75, 3.05) is 40.8 Å². The Labute approximate surface area is 222 Å². The van der Waals surface area contributed by atoms with Crippen molar-refractivity contribution >= 4 is 51.0 Å². The third-order valence-corrected chi connectivity index (χ3v) is 8.05. The Morgan fingerprint density at radius 2 is 1.81 bits per heavy atom. The number of hydrogen-bond donors (Lipinski definition) is 2. The van der Waals surface area contributed by atoms with Gasteiger partial charge >= 0.3 is 0 Å². The topological polar surface area (TPSA) is 121 Å². The highest BCUT2D eigenvalue weighted by atomic mass is 35.5. The first-order valence-corrected chi connectivity index (χ1v) is 13.7. The summed E-state index contributed by atoms with van der Waals surface area (Å²) in [5, 5.41) is 1.71. The molecule has 2 rings (SSSR count). The number of guanidine groups is 1. The molecule has 1 aromatic heterocycles. The molecule has 1 amide bonds. The number of nitrogens with two attached hydrogens (primary N) is 2. The number of benzene rings is 1. The van der Waals surface area contributed by atoms with Gasteiger partial charge in [0, 0.05) is 43.7 Å². The Bertz CT molecular complexity index is 1110. The maximum atomic E-state index is 14.2. The Morgan fingerprint density at radius 1 is 1.11 bits per heavy atom. The highest BCUT2D eigenvalue weighted by Gasteiger charge is 2.43. The lowest BCUT2D eigenvalue weighted by molar-refractivity contribution is -0.140. The van der Waals surface area contributed by atoms with E-state index in [0.29, 0.717) is 52.6 Å². The summed E-state index contributed by atoms with van der Waals surface area (Å²) in [4.78, 5) is 26.4. The fourth-order valence-corrected chi connectivity index (χ4v) is 5.79. The Kier molecular flexibility index (Phi) is 11.1. The summed E-state index contributed by atoms with van der Waals surface area (Å²) in [5.41, 5.74) is 10.2. The molecule has 36 heavy (non-hydrogen) atoms. The van der Waals surface area contributed by atoms with E-state index in [4.69, 9.17) is 23.1 Å². The van der Waals surface area contributed by atoms with Gasteiger partial charge in [-0.05, 0) is 46.0 Å². The van der Waals surface area contributed by atoms with Crippen LogP contribution in [-0.2, 0) is 15.8 Å². The van der Waals surface area contributed by atoms with Crippen molar-refractivity contribution in [1.82, 2.24) is 19.1 Å². The number of pyridine rings is 1. The molecule has 1 aromatic carbocycles. The summed E-state index contributed by atoms with van der Waals surface area (Å²) < 4.78 is 16.1. The van der Waals surface area contributed by atoms with Crippen molar-refractivity contribution in [3.63, 3.8) is 0 Å². The molecular weight excluding hydrogens is 498 g/mol. The number of unbranched alkanes of at least 4 members (excludes halogenated alkanes) is 1. The van der Waals surface area contributed by atoms with Gasteiger partial charge in [-0.1, -0.05) is 44.4 Å². The second-order valence-corrected chi connectivity index (χ2v) is 11.3. The SMILES string of the molecule is CCCCC(C)(C(=O)N(C)CCC)N(CCN(C)C)S(=O)c1ccc2c(Cl)cnc(N=C(N)N)c2c1. The first-order valence-electron chi connectivity index (χ1n) is 12.2. The molecule has 4 N–H and O–H groups in total. The second-order valence-electron chi connectivity index (χ2n) is 9.43. The van der Waals surface area contributed by atoms with Gasteiger partial charge in [-0.2, -0.15) is 4.99 Å². The summed E-state index contributed by atoms with van der Waals surface area (Å²) in [5.74, 6) is 0.124. The van der Waals surface area contributed by atoms with Crippen LogP contribution in [0.4, 0.5) is 5.82 Å². The molecule has 1 heterocycles. The van der Waals surface area contributed by atoms with E-state index in [-0.39, 0.29) is 11.9 Å². The number of nitrogens with zero attached hydrogens (tertiary/aromatic N) is 5. The van der Waals surface area contributed by atoms with Crippen molar-refractivity contribution in [3.05, 3.63) is 29.4 Å². The molecule has 11 heteroatoms. The van der Waals surface area contributed by atoms with Crippen LogP contribution in [0.2, 0.25) is 5.02 Å². The summed E-state index contributed by atoms with van der Waals surface area (Å²) in [6, 6.07) is 5.30. The van der Waals surface area contributed by atoms with Crippen LogP contribution in [-0.4, -0.2) is 81.5 Å². The van der Waals surface area contributed by atoms with Crippen LogP contribution in [0.25, 0.3) is 10.8 Å². The number of fused-ring (bicyclic) bond motifs is 1. The zero-order valence-corrected chi connectivity index (χ0v) is 23.8. The second kappa shape index (κ2) is 13.3. The standard InChI is InChI=1S/C25H40ClN7O2S/c1-7-9-12-25(3,23(34)32(6)13-8-2)33(15-14-31(4)5)36(35)18-10-11-19-20(16-18)22(30-24(27)28)29-17-21(19)26/h10-11,16-17H,7-9,12-15H2,1-6H3,(H4,27,28,29,30). The number of aliphatic imine (C=N–C) groups is 1. The molecule has 0 aliphatic carbocycles. The molecule has 2 aromatic rings. The average Bonchev–Trinajstić information content (AvgIpc) is 2.83. The molecule has 2 atom stereocenters. The van der Waals surface area contributed by atoms with Crippen LogP contribution >= 0.6 is 11.6 Å². The summed E-state index contributed by atoms with van der Waals surface area (Å²) in [6.07, 6.45) is 4.69. The number of hydrogen-bond acceptors (Lipinski definition) is 5. The van der Waals surface area contributed by atoms with Gasteiger partial charge in [0.05, 0.1) is 9.92 Å². The molecule has 2 unspecified atom stereocenters. The number of rotatable bonds is 13. The monoisotopic (exact) mass is 537 g/mol. The third-order valence-electron chi connectivity index (χ3n) is 6.11. The van der Waals surface area contributed by atoms with Gasteiger partial charge in [-0.3, -0.25) is 4.79 Å². The Hall–Kier alpha value is -2.27. The van der Waals surface area contributed by atoms with Crippen molar-refractivity contribution in [3.8, 4) is 0 Å². The molecule has 200 valence electrons. The number of carbonyl (C=O) groups excluding carboxylic acids is 1. The lowest BCUT2D eigenvalue weighted by Gasteiger charge is -2.41. The molecule has 0 fully saturated rings. The van der Waals surface area contributed by atoms with Gasteiger partial charge < -0.3 is 21.3 Å². The summed E-state index contributed by atoms with van der Waals surface area (Å²) in [6.45, 7) is 7.76. The maximum absolute atomic E-state index is 14.2. The molecule has 0 aliphatic heterocycles. The average molecular weight is 538 g/mol. The Morgan fingerprint density at radius 3 is 2.39 bits per heavy atom. The van der Waals surface area contributed by atoms with E-state index < -0.39 is 16.5 Å². The zero-order chi connectivity index (χ0) is 27.0. The van der Waals surface area contributed by atoms with E-state index in [1.54, 1.807) is 23.1 Å². The molecule has 0 bridgehead atoms. The summed E-state index contributed by atoms with van der Waals surface area (Å²) >= 11 is 6.37. The predicted molar refractivity (Wildman–Crippen MR) is 150 cm³/mol. The van der Waals surface area contributed by atoms with Crippen LogP contribution < -0.4 is 11.5 Å². The van der Waals surface area contributed by atoms with Gasteiger partial charge in [0.25, 0.3) is 0 Å². The van der Waals surface area contributed by atoms with Gasteiger partial charge in [0.2, 0.25) is 5.91 Å². The molecule has 0 saturated carbocycles. The highest BCUT2D eigenvalue weighted by Crippen LogP contribution is 2.34. The first kappa shape index (κ1) is 30.0. The van der Waals surface area contributed by atoms with Crippen molar-refractivity contribution < 1.29 is 9.00 Å². The highest BCUT2D eigenvalue weighted by molar-refractivity contribution is 7.82. The van der Waals surface area contributed by atoms with Crippen molar-refractivity contribution in [2.24, 2.45) is 16.5 Å². The minimum atomic E-state index is -1.66. The van der Waals surface area contributed by atoms with E-state index in [9.17, 15) is 9.00 Å². The molecule has 0 spiro atoms. The quantitative estimate of drug-likeness (QED) is 0.298. The van der Waals surface area contributed by atoms with E-state index in [2.05, 4.69) is 16.9 Å². The fourth-order valence-electron chi connectivity index (χ4n) is 4.13. The Balaban J connectivity index is 2.66. The van der Waals surface area contributed by atoms with Crippen LogP contribution in [0, 0.1) is 0 Å². The number of carbonyl (C=O) groups is 1. The van der Waals surface area contributed by atoms with Crippen LogP contribution in [0.5, 0.6) is 0 Å². The third kappa shape index (κ3) is 7.15. The summed E-state index contributed by atoms with van der Waals surface area (Å²) in [7, 11) is 4.07. The van der Waals surface area contributed by atoms with E-state index in [0.717, 1.165) is 19.3 Å². The van der Waals surface area contributed by atoms with E-state index in [1.807, 2.05) is 44.2 Å². The lowest BCUT2D eigenvalue weighted by atomic mass is 9.92. The molecular formula is C25H40ClN7O2S. The van der Waals surface area contributed by atoms with Crippen molar-refractivity contribution in [1.29, 1.82) is 0 Å². The normalized spacial score (nSPS) is 14.1. The van der Waals surface area contributed by atoms with Gasteiger partial charge in [0.1, 0.15) is 16.5 Å². The minimum absolute atomic E-state index is 0.0309. The molecule has 0 aliphatic rings. The van der Waals surface area contributed by atoms with Crippen LogP contribution in [0.15, 0.2) is 34.3 Å². The zero-order valence-electron chi connectivity index (χ0n) is 22.3. The smallest absolute Gasteiger partial charge is 0.243 e. The van der Waals surface area contributed by atoms with E-state index >= 15 is 0 Å². The van der Waals surface area contributed by atoms with Crippen molar-refractivity contribution in [2.45, 2.75) is 56.9 Å².